The van der Waals surface area contributed by atoms with Gasteiger partial charge in [0.1, 0.15) is 5.82 Å². The number of nitrogens with zero attached hydrogens (tertiary/aromatic N) is 2. The van der Waals surface area contributed by atoms with Crippen LogP contribution in [0.3, 0.4) is 0 Å². The molecule has 1 unspecified atom stereocenters. The second kappa shape index (κ2) is 5.12. The lowest BCUT2D eigenvalue weighted by Gasteiger charge is -2.15. The molecule has 98 valence electrons. The molecule has 0 aliphatic rings. The third-order valence-corrected chi connectivity index (χ3v) is 3.05. The summed E-state index contributed by atoms with van der Waals surface area (Å²) >= 11 is 5.72. The summed E-state index contributed by atoms with van der Waals surface area (Å²) in [5.41, 5.74) is 7.07. The summed E-state index contributed by atoms with van der Waals surface area (Å²) in [5, 5.41) is 0.0459. The van der Waals surface area contributed by atoms with Crippen molar-refractivity contribution in [2.24, 2.45) is 0 Å². The van der Waals surface area contributed by atoms with E-state index in [1.54, 1.807) is 4.57 Å². The highest BCUT2D eigenvalue weighted by molar-refractivity contribution is 6.31. The first-order valence-corrected chi connectivity index (χ1v) is 6.12. The smallest absolute Gasteiger partial charge is 0.201 e. The highest BCUT2D eigenvalue weighted by atomic mass is 35.5. The summed E-state index contributed by atoms with van der Waals surface area (Å²) in [5.74, 6) is -0.146. The molecule has 0 saturated heterocycles. The number of aromatic nitrogens is 2. The molecule has 0 amide bonds. The van der Waals surface area contributed by atoms with Gasteiger partial charge in [-0.2, -0.15) is 0 Å². The number of nitrogens with two attached hydrogens (primary N) is 1. The van der Waals surface area contributed by atoms with Crippen molar-refractivity contribution in [2.75, 3.05) is 18.9 Å². The molecular weight excluding hydrogens is 257 g/mol. The van der Waals surface area contributed by atoms with Gasteiger partial charge in [0.15, 0.2) is 0 Å². The van der Waals surface area contributed by atoms with E-state index in [-0.39, 0.29) is 11.1 Å². The van der Waals surface area contributed by atoms with Crippen LogP contribution in [0, 0.1) is 5.82 Å². The van der Waals surface area contributed by atoms with Crippen molar-refractivity contribution in [3.63, 3.8) is 0 Å². The van der Waals surface area contributed by atoms with E-state index in [4.69, 9.17) is 22.1 Å². The summed E-state index contributed by atoms with van der Waals surface area (Å²) in [6.07, 6.45) is 0. The number of anilines is 1. The minimum Gasteiger partial charge on any atom is -0.380 e. The first-order valence-electron chi connectivity index (χ1n) is 5.74. The Morgan fingerprint density at radius 2 is 2.28 bits per heavy atom. The quantitative estimate of drug-likeness (QED) is 0.930. The minimum atomic E-state index is -0.478. The normalized spacial score (nSPS) is 13.1. The SMILES string of the molecule is CCOCC(C)n1c(N)nc2cc(Cl)c(F)cc21. The highest BCUT2D eigenvalue weighted by Gasteiger charge is 2.16. The molecule has 0 aliphatic heterocycles. The van der Waals surface area contributed by atoms with Crippen LogP contribution in [0.4, 0.5) is 10.3 Å². The number of nitrogen functional groups attached to an aromatic ring is 1. The number of benzene rings is 1. The van der Waals surface area contributed by atoms with E-state index in [0.29, 0.717) is 30.2 Å². The average molecular weight is 272 g/mol. The number of hydrogen-bond donors (Lipinski definition) is 1. The van der Waals surface area contributed by atoms with E-state index in [2.05, 4.69) is 4.98 Å². The van der Waals surface area contributed by atoms with Crippen LogP contribution in [0.15, 0.2) is 12.1 Å². The fourth-order valence-electron chi connectivity index (χ4n) is 1.94. The molecule has 2 aromatic rings. The number of fused-ring (bicyclic) bond motifs is 1. The lowest BCUT2D eigenvalue weighted by Crippen LogP contribution is -2.14. The Balaban J connectivity index is 2.49. The van der Waals surface area contributed by atoms with E-state index >= 15 is 0 Å². The van der Waals surface area contributed by atoms with Gasteiger partial charge in [-0.1, -0.05) is 11.6 Å². The summed E-state index contributed by atoms with van der Waals surface area (Å²) in [4.78, 5) is 4.18. The third kappa shape index (κ3) is 2.28. The lowest BCUT2D eigenvalue weighted by atomic mass is 10.2. The molecule has 1 aromatic carbocycles. The molecule has 1 heterocycles. The largest absolute Gasteiger partial charge is 0.380 e. The Kier molecular flexibility index (Phi) is 3.73. The molecule has 0 aliphatic carbocycles. The van der Waals surface area contributed by atoms with Crippen LogP contribution in [0.5, 0.6) is 0 Å². The summed E-state index contributed by atoms with van der Waals surface area (Å²) in [7, 11) is 0. The fourth-order valence-corrected chi connectivity index (χ4v) is 2.09. The number of ether oxygens (including phenoxy) is 1. The first kappa shape index (κ1) is 13.1. The van der Waals surface area contributed by atoms with Crippen molar-refractivity contribution in [1.82, 2.24) is 9.55 Å². The van der Waals surface area contributed by atoms with E-state index in [1.165, 1.54) is 12.1 Å². The Labute approximate surface area is 109 Å². The highest BCUT2D eigenvalue weighted by Crippen LogP contribution is 2.27. The van der Waals surface area contributed by atoms with Crippen LogP contribution < -0.4 is 5.73 Å². The second-order valence-corrected chi connectivity index (χ2v) is 4.51. The molecule has 18 heavy (non-hydrogen) atoms. The van der Waals surface area contributed by atoms with Gasteiger partial charge in [0, 0.05) is 12.7 Å². The van der Waals surface area contributed by atoms with Gasteiger partial charge in [0.2, 0.25) is 5.95 Å². The van der Waals surface area contributed by atoms with Gasteiger partial charge in [-0.25, -0.2) is 9.37 Å². The zero-order valence-corrected chi connectivity index (χ0v) is 11.0. The molecule has 2 rings (SSSR count). The molecule has 1 atom stereocenters. The lowest BCUT2D eigenvalue weighted by molar-refractivity contribution is 0.120. The maximum Gasteiger partial charge on any atom is 0.201 e. The fraction of sp³-hybridized carbons (Fsp3) is 0.417. The molecule has 0 saturated carbocycles. The zero-order chi connectivity index (χ0) is 13.3. The molecule has 2 N–H and O–H groups in total. The predicted octanol–water partition coefficient (Wildman–Crippen LogP) is 3.01. The Hall–Kier alpha value is -1.33. The molecule has 6 heteroatoms. The summed E-state index contributed by atoms with van der Waals surface area (Å²) in [6, 6.07) is 2.81. The van der Waals surface area contributed by atoms with Gasteiger partial charge in [0.25, 0.3) is 0 Å². The predicted molar refractivity (Wildman–Crippen MR) is 70.3 cm³/mol. The Bertz CT molecular complexity index is 570. The van der Waals surface area contributed by atoms with Gasteiger partial charge in [-0.05, 0) is 19.9 Å². The van der Waals surface area contributed by atoms with Crippen molar-refractivity contribution < 1.29 is 9.13 Å². The van der Waals surface area contributed by atoms with Crippen LogP contribution in [-0.4, -0.2) is 22.8 Å². The first-order chi connectivity index (χ1) is 8.54. The van der Waals surface area contributed by atoms with Gasteiger partial charge in [-0.3, -0.25) is 0 Å². The molecule has 0 bridgehead atoms. The van der Waals surface area contributed by atoms with Gasteiger partial charge < -0.3 is 15.0 Å². The van der Waals surface area contributed by atoms with Crippen LogP contribution in [0.25, 0.3) is 11.0 Å². The maximum absolute atomic E-state index is 13.5. The van der Waals surface area contributed by atoms with Crippen molar-refractivity contribution >= 4 is 28.6 Å². The van der Waals surface area contributed by atoms with Gasteiger partial charge in [-0.15, -0.1) is 0 Å². The zero-order valence-electron chi connectivity index (χ0n) is 10.3. The number of rotatable bonds is 4. The molecule has 4 nitrogen and oxygen atoms in total. The Morgan fingerprint density at radius 3 is 2.94 bits per heavy atom. The minimum absolute atomic E-state index is 0.0180. The van der Waals surface area contributed by atoms with Crippen LogP contribution in [-0.2, 0) is 4.74 Å². The number of imidazole rings is 1. The van der Waals surface area contributed by atoms with Crippen molar-refractivity contribution in [1.29, 1.82) is 0 Å². The number of hydrogen-bond acceptors (Lipinski definition) is 3. The topological polar surface area (TPSA) is 53.1 Å². The van der Waals surface area contributed by atoms with Crippen LogP contribution in [0.1, 0.15) is 19.9 Å². The maximum atomic E-state index is 13.5. The molecular formula is C12H15ClFN3O. The van der Waals surface area contributed by atoms with Crippen molar-refractivity contribution in [3.8, 4) is 0 Å². The molecule has 1 aromatic heterocycles. The monoisotopic (exact) mass is 271 g/mol. The molecule has 0 radical (unpaired) electrons. The molecule has 0 spiro atoms. The van der Waals surface area contributed by atoms with E-state index < -0.39 is 5.82 Å². The van der Waals surface area contributed by atoms with E-state index in [0.717, 1.165) is 0 Å². The summed E-state index contributed by atoms with van der Waals surface area (Å²) < 4.78 is 20.6. The Morgan fingerprint density at radius 1 is 1.56 bits per heavy atom. The van der Waals surface area contributed by atoms with Crippen LogP contribution in [0.2, 0.25) is 5.02 Å². The van der Waals surface area contributed by atoms with E-state index in [9.17, 15) is 4.39 Å². The van der Waals surface area contributed by atoms with Crippen molar-refractivity contribution in [2.45, 2.75) is 19.9 Å². The molecule has 0 fully saturated rings. The van der Waals surface area contributed by atoms with Crippen LogP contribution >= 0.6 is 11.6 Å². The van der Waals surface area contributed by atoms with Crippen molar-refractivity contribution in [3.05, 3.63) is 23.0 Å². The summed E-state index contributed by atoms with van der Waals surface area (Å²) in [6.45, 7) is 4.98. The number of halogens is 2. The standard InChI is InChI=1S/C12H15ClFN3O/c1-3-18-6-7(2)17-11-5-9(14)8(13)4-10(11)16-12(17)15/h4-5,7H,3,6H2,1-2H3,(H2,15,16). The third-order valence-electron chi connectivity index (χ3n) is 2.76. The van der Waals surface area contributed by atoms with Gasteiger partial charge in [0.05, 0.1) is 28.7 Å². The second-order valence-electron chi connectivity index (χ2n) is 4.10. The average Bonchev–Trinajstić information content (AvgIpc) is 2.62. The van der Waals surface area contributed by atoms with E-state index in [1.807, 2.05) is 13.8 Å². The van der Waals surface area contributed by atoms with Gasteiger partial charge >= 0.3 is 0 Å².